The highest BCUT2D eigenvalue weighted by molar-refractivity contribution is 8.18. The molecule has 0 radical (unpaired) electrons. The zero-order valence-corrected chi connectivity index (χ0v) is 18.9. The van der Waals surface area contributed by atoms with Crippen LogP contribution in [-0.2, 0) is 11.8 Å². The summed E-state index contributed by atoms with van der Waals surface area (Å²) in [5.41, 5.74) is 0.764. The average molecular weight is 367 g/mol. The molecular weight excluding hydrogens is 327 g/mol. The number of hydrogen-bond donors (Lipinski definition) is 0. The summed E-state index contributed by atoms with van der Waals surface area (Å²) in [7, 11) is 0. The minimum Gasteiger partial charge on any atom is -0.0925 e. The smallest absolute Gasteiger partial charge is 0.0142 e. The summed E-state index contributed by atoms with van der Waals surface area (Å²) in [6.07, 6.45) is 4.92. The second-order valence-electron chi connectivity index (χ2n) is 10.3. The van der Waals surface area contributed by atoms with Crippen LogP contribution < -0.4 is 5.30 Å². The van der Waals surface area contributed by atoms with Gasteiger partial charge in [0.25, 0.3) is 0 Å². The normalized spacial score (nSPS) is 18.0. The fourth-order valence-corrected chi connectivity index (χ4v) is 9.66. The molecule has 0 aliphatic heterocycles. The largest absolute Gasteiger partial charge is 0.0925 e. The lowest BCUT2D eigenvalue weighted by atomic mass is 9.86. The lowest BCUT2D eigenvalue weighted by molar-refractivity contribution is 0.319. The highest BCUT2D eigenvalue weighted by atomic mass is 32.4. The third-order valence-electron chi connectivity index (χ3n) is 4.36. The van der Waals surface area contributed by atoms with Crippen LogP contribution in [0.3, 0.4) is 0 Å². The van der Waals surface area contributed by atoms with Crippen LogP contribution in [0.4, 0.5) is 0 Å². The van der Waals surface area contributed by atoms with Crippen LogP contribution in [0.2, 0.25) is 0 Å². The van der Waals surface area contributed by atoms with Crippen molar-refractivity contribution in [1.29, 1.82) is 0 Å². The molecule has 0 heterocycles. The van der Waals surface area contributed by atoms with Crippen molar-refractivity contribution >= 4 is 23.1 Å². The van der Waals surface area contributed by atoms with Gasteiger partial charge in [0.05, 0.1) is 0 Å². The van der Waals surface area contributed by atoms with Gasteiger partial charge in [0, 0.05) is 0 Å². The second-order valence-corrected chi connectivity index (χ2v) is 15.5. The molecular formula is C22H39PS. The first-order valence-corrected chi connectivity index (χ1v) is 12.6. The number of hydrogen-bond acceptors (Lipinski definition) is 1. The van der Waals surface area contributed by atoms with Crippen LogP contribution in [0.5, 0.6) is 0 Å². The number of rotatable bonds is 7. The van der Waals surface area contributed by atoms with Gasteiger partial charge in [0.2, 0.25) is 0 Å². The lowest BCUT2D eigenvalue weighted by Gasteiger charge is -2.33. The molecule has 1 aromatic rings. The molecule has 0 amide bonds. The summed E-state index contributed by atoms with van der Waals surface area (Å²) >= 11 is 6.41. The molecule has 0 saturated carbocycles. The Kier molecular flexibility index (Phi) is 7.76. The highest BCUT2D eigenvalue weighted by Crippen LogP contribution is 2.50. The quantitative estimate of drug-likeness (QED) is 0.471. The predicted octanol–water partition coefficient (Wildman–Crippen LogP) is 6.94. The van der Waals surface area contributed by atoms with E-state index in [4.69, 9.17) is 11.8 Å². The van der Waals surface area contributed by atoms with Gasteiger partial charge in [-0.15, -0.1) is 0 Å². The van der Waals surface area contributed by atoms with E-state index >= 15 is 0 Å². The maximum absolute atomic E-state index is 6.41. The van der Waals surface area contributed by atoms with Gasteiger partial charge in [0.15, 0.2) is 0 Å². The second kappa shape index (κ2) is 8.50. The summed E-state index contributed by atoms with van der Waals surface area (Å²) in [5, 5.41) is 1.45. The molecule has 0 nitrogen and oxygen atoms in total. The summed E-state index contributed by atoms with van der Waals surface area (Å²) in [6, 6.07) is 9.49. The van der Waals surface area contributed by atoms with Crippen molar-refractivity contribution in [2.45, 2.75) is 68.2 Å². The first kappa shape index (κ1) is 21.9. The summed E-state index contributed by atoms with van der Waals surface area (Å²) < 4.78 is 0. The Morgan fingerprint density at radius 2 is 1.17 bits per heavy atom. The lowest BCUT2D eigenvalue weighted by Crippen LogP contribution is -2.22. The van der Waals surface area contributed by atoms with Crippen LogP contribution in [0, 0.1) is 22.7 Å². The minimum absolute atomic E-state index is 0.382. The van der Waals surface area contributed by atoms with Crippen molar-refractivity contribution < 1.29 is 0 Å². The van der Waals surface area contributed by atoms with Gasteiger partial charge < -0.3 is 0 Å². The molecule has 0 spiro atoms. The fourth-order valence-electron chi connectivity index (χ4n) is 4.21. The van der Waals surface area contributed by atoms with Crippen LogP contribution in [0.15, 0.2) is 30.3 Å². The van der Waals surface area contributed by atoms with E-state index in [0.717, 1.165) is 0 Å². The van der Waals surface area contributed by atoms with E-state index in [2.05, 4.69) is 85.7 Å². The maximum Gasteiger partial charge on any atom is -0.0142 e. The molecule has 0 fully saturated rings. The van der Waals surface area contributed by atoms with E-state index in [1.165, 1.54) is 30.5 Å². The molecule has 24 heavy (non-hydrogen) atoms. The standard InChI is InChI=1S/C22H39PS/c1-18(14-21(3,4)5)16-23(24,20-12-10-9-11-13-20)17-19(2)15-22(6,7)8/h9-13,18-19H,14-17H2,1-8H3. The van der Waals surface area contributed by atoms with E-state index in [9.17, 15) is 0 Å². The molecule has 0 aromatic heterocycles. The van der Waals surface area contributed by atoms with Gasteiger partial charge in [-0.25, -0.2) is 0 Å². The van der Waals surface area contributed by atoms with Gasteiger partial charge in [-0.3, -0.25) is 0 Å². The molecule has 0 saturated heterocycles. The third-order valence-corrected chi connectivity index (χ3v) is 9.55. The first-order chi connectivity index (χ1) is 10.8. The van der Waals surface area contributed by atoms with Crippen molar-refractivity contribution in [2.24, 2.45) is 22.7 Å². The minimum atomic E-state index is -1.52. The first-order valence-electron chi connectivity index (χ1n) is 9.44. The van der Waals surface area contributed by atoms with Crippen molar-refractivity contribution in [3.05, 3.63) is 30.3 Å². The highest BCUT2D eigenvalue weighted by Gasteiger charge is 2.28. The SMILES string of the molecule is CC(CC(C)(C)C)CP(=S)(CC(C)CC(C)(C)C)c1ccccc1. The van der Waals surface area contributed by atoms with Gasteiger partial charge in [-0.2, -0.15) is 0 Å². The Morgan fingerprint density at radius 3 is 1.50 bits per heavy atom. The monoisotopic (exact) mass is 366 g/mol. The Hall–Kier alpha value is -0.130. The molecule has 0 aliphatic rings. The molecule has 2 atom stereocenters. The summed E-state index contributed by atoms with van der Waals surface area (Å²) in [6.45, 7) is 18.9. The Morgan fingerprint density at radius 1 is 0.792 bits per heavy atom. The van der Waals surface area contributed by atoms with Gasteiger partial charge in [0.1, 0.15) is 0 Å². The predicted molar refractivity (Wildman–Crippen MR) is 117 cm³/mol. The Labute approximate surface area is 156 Å². The number of benzene rings is 1. The average Bonchev–Trinajstić information content (AvgIpc) is 2.34. The zero-order valence-electron chi connectivity index (χ0n) is 17.2. The zero-order chi connectivity index (χ0) is 18.6. The van der Waals surface area contributed by atoms with E-state index in [1.54, 1.807) is 0 Å². The van der Waals surface area contributed by atoms with E-state index in [0.29, 0.717) is 22.7 Å². The van der Waals surface area contributed by atoms with E-state index < -0.39 is 6.04 Å². The molecule has 138 valence electrons. The van der Waals surface area contributed by atoms with Crippen molar-refractivity contribution in [3.8, 4) is 0 Å². The van der Waals surface area contributed by atoms with Crippen LogP contribution in [0.1, 0.15) is 68.2 Å². The van der Waals surface area contributed by atoms with Crippen LogP contribution >= 0.6 is 6.04 Å². The Balaban J connectivity index is 2.98. The summed E-state index contributed by atoms with van der Waals surface area (Å²) in [5.74, 6) is 1.38. The van der Waals surface area contributed by atoms with Crippen molar-refractivity contribution in [3.63, 3.8) is 0 Å². The topological polar surface area (TPSA) is 0 Å². The van der Waals surface area contributed by atoms with E-state index in [1.807, 2.05) is 0 Å². The Bertz CT molecular complexity index is 505. The van der Waals surface area contributed by atoms with E-state index in [-0.39, 0.29) is 0 Å². The molecule has 1 aromatic carbocycles. The maximum atomic E-state index is 6.41. The molecule has 2 unspecified atom stereocenters. The van der Waals surface area contributed by atoms with Crippen molar-refractivity contribution in [2.75, 3.05) is 12.3 Å². The van der Waals surface area contributed by atoms with Crippen LogP contribution in [0.25, 0.3) is 0 Å². The van der Waals surface area contributed by atoms with Gasteiger partial charge in [-0.05, 0) is 59.2 Å². The summed E-state index contributed by atoms with van der Waals surface area (Å²) in [4.78, 5) is 0. The van der Waals surface area contributed by atoms with Crippen LogP contribution in [-0.4, -0.2) is 12.3 Å². The molecule has 2 heteroatoms. The third kappa shape index (κ3) is 8.30. The van der Waals surface area contributed by atoms with Gasteiger partial charge >= 0.3 is 0 Å². The molecule has 0 bridgehead atoms. The van der Waals surface area contributed by atoms with Crippen molar-refractivity contribution in [1.82, 2.24) is 0 Å². The van der Waals surface area contributed by atoms with Gasteiger partial charge in [-0.1, -0.05) is 97.5 Å². The molecule has 1 rings (SSSR count). The fraction of sp³-hybridized carbons (Fsp3) is 0.727. The molecule has 0 aliphatic carbocycles. The molecule has 0 N–H and O–H groups in total.